The van der Waals surface area contributed by atoms with Crippen LogP contribution in [0.25, 0.3) is 0 Å². The van der Waals surface area contributed by atoms with Gasteiger partial charge in [0.15, 0.2) is 6.29 Å². The van der Waals surface area contributed by atoms with Crippen molar-refractivity contribution in [1.29, 1.82) is 0 Å². The Labute approximate surface area is 124 Å². The normalized spacial score (nSPS) is 24.1. The monoisotopic (exact) mass is 294 g/mol. The maximum Gasteiger partial charge on any atom is 0.151 e. The molecule has 1 atom stereocenters. The first kappa shape index (κ1) is 13.9. The van der Waals surface area contributed by atoms with Crippen molar-refractivity contribution in [2.75, 3.05) is 44.3 Å². The fourth-order valence-corrected chi connectivity index (χ4v) is 3.24. The van der Waals surface area contributed by atoms with Crippen molar-refractivity contribution in [3.8, 4) is 0 Å². The molecular weight excluding hydrogens is 276 g/mol. The molecule has 0 aromatic heterocycles. The average molecular weight is 295 g/mol. The molecule has 0 bridgehead atoms. The minimum Gasteiger partial charge on any atom is -0.379 e. The van der Waals surface area contributed by atoms with Crippen molar-refractivity contribution < 1.29 is 9.53 Å². The highest BCUT2D eigenvalue weighted by Gasteiger charge is 2.28. The van der Waals surface area contributed by atoms with Crippen LogP contribution in [0.1, 0.15) is 16.8 Å². The van der Waals surface area contributed by atoms with E-state index in [9.17, 15) is 4.79 Å². The summed E-state index contributed by atoms with van der Waals surface area (Å²) in [6, 6.07) is 6.28. The van der Waals surface area contributed by atoms with Gasteiger partial charge in [-0.3, -0.25) is 9.69 Å². The number of aldehydes is 1. The lowest BCUT2D eigenvalue weighted by atomic mass is 10.2. The van der Waals surface area contributed by atoms with Gasteiger partial charge < -0.3 is 9.64 Å². The number of hydrogen-bond acceptors (Lipinski definition) is 4. The zero-order chi connectivity index (χ0) is 13.9. The molecule has 0 aliphatic carbocycles. The van der Waals surface area contributed by atoms with Gasteiger partial charge in [0.2, 0.25) is 0 Å². The number of ether oxygens (including phenoxy) is 1. The second-order valence-corrected chi connectivity index (χ2v) is 5.77. The summed E-state index contributed by atoms with van der Waals surface area (Å²) in [5, 5.41) is 0.535. The predicted octanol–water partition coefficient (Wildman–Crippen LogP) is 2.06. The maximum atomic E-state index is 10.8. The van der Waals surface area contributed by atoms with E-state index in [2.05, 4.69) is 9.80 Å². The molecule has 0 spiro atoms. The summed E-state index contributed by atoms with van der Waals surface area (Å²) < 4.78 is 5.41. The highest BCUT2D eigenvalue weighted by atomic mass is 35.5. The Morgan fingerprint density at radius 2 is 2.05 bits per heavy atom. The average Bonchev–Trinajstić information content (AvgIpc) is 2.98. The van der Waals surface area contributed by atoms with E-state index in [0.29, 0.717) is 16.6 Å². The zero-order valence-corrected chi connectivity index (χ0v) is 12.2. The van der Waals surface area contributed by atoms with Crippen LogP contribution in [-0.2, 0) is 4.74 Å². The van der Waals surface area contributed by atoms with Gasteiger partial charge in [-0.05, 0) is 24.6 Å². The van der Waals surface area contributed by atoms with E-state index in [1.54, 1.807) is 6.07 Å². The highest BCUT2D eigenvalue weighted by molar-refractivity contribution is 6.33. The van der Waals surface area contributed by atoms with Gasteiger partial charge in [0, 0.05) is 43.5 Å². The first-order valence-corrected chi connectivity index (χ1v) is 7.47. The minimum absolute atomic E-state index is 0.535. The molecule has 1 unspecified atom stereocenters. The Bertz CT molecular complexity index is 489. The Morgan fingerprint density at radius 1 is 1.25 bits per heavy atom. The van der Waals surface area contributed by atoms with Crippen LogP contribution in [0.5, 0.6) is 0 Å². The fraction of sp³-hybridized carbons (Fsp3) is 0.533. The standard InChI is InChI=1S/C15H19ClN2O2/c16-15-9-13(2-1-12(15)11-19)18-4-3-14(10-18)17-5-7-20-8-6-17/h1-2,9,11,14H,3-8,10H2. The van der Waals surface area contributed by atoms with Gasteiger partial charge in [-0.2, -0.15) is 0 Å². The Morgan fingerprint density at radius 3 is 2.75 bits per heavy atom. The lowest BCUT2D eigenvalue weighted by molar-refractivity contribution is 0.0209. The molecule has 2 aliphatic rings. The molecule has 20 heavy (non-hydrogen) atoms. The number of halogens is 1. The predicted molar refractivity (Wildman–Crippen MR) is 79.8 cm³/mol. The van der Waals surface area contributed by atoms with Crippen molar-refractivity contribution in [3.05, 3.63) is 28.8 Å². The summed E-state index contributed by atoms with van der Waals surface area (Å²) >= 11 is 6.11. The van der Waals surface area contributed by atoms with E-state index in [1.807, 2.05) is 12.1 Å². The minimum atomic E-state index is 0.535. The molecule has 1 aromatic carbocycles. The number of anilines is 1. The third-order valence-electron chi connectivity index (χ3n) is 4.20. The van der Waals surface area contributed by atoms with Crippen molar-refractivity contribution >= 4 is 23.6 Å². The molecule has 0 radical (unpaired) electrons. The van der Waals surface area contributed by atoms with Gasteiger partial charge in [-0.1, -0.05) is 11.6 Å². The number of rotatable bonds is 3. The summed E-state index contributed by atoms with van der Waals surface area (Å²) in [7, 11) is 0. The summed E-state index contributed by atoms with van der Waals surface area (Å²) in [4.78, 5) is 15.7. The summed E-state index contributed by atoms with van der Waals surface area (Å²) in [6.07, 6.45) is 1.97. The van der Waals surface area contributed by atoms with Crippen LogP contribution in [-0.4, -0.2) is 56.6 Å². The molecule has 1 aromatic rings. The van der Waals surface area contributed by atoms with Gasteiger partial charge >= 0.3 is 0 Å². The van der Waals surface area contributed by atoms with Crippen LogP contribution in [0.15, 0.2) is 18.2 Å². The van der Waals surface area contributed by atoms with Crippen LogP contribution in [0, 0.1) is 0 Å². The Kier molecular flexibility index (Phi) is 4.24. The van der Waals surface area contributed by atoms with E-state index in [1.165, 1.54) is 6.42 Å². The van der Waals surface area contributed by atoms with E-state index < -0.39 is 0 Å². The first-order chi connectivity index (χ1) is 9.78. The third-order valence-corrected chi connectivity index (χ3v) is 4.53. The van der Waals surface area contributed by atoms with E-state index in [-0.39, 0.29) is 0 Å². The van der Waals surface area contributed by atoms with Gasteiger partial charge in [-0.25, -0.2) is 0 Å². The number of morpholine rings is 1. The van der Waals surface area contributed by atoms with Gasteiger partial charge in [0.1, 0.15) is 0 Å². The number of hydrogen-bond donors (Lipinski definition) is 0. The van der Waals surface area contributed by atoms with Gasteiger partial charge in [0.25, 0.3) is 0 Å². The maximum absolute atomic E-state index is 10.8. The Balaban J connectivity index is 1.67. The van der Waals surface area contributed by atoms with Crippen molar-refractivity contribution in [1.82, 2.24) is 4.90 Å². The molecule has 0 N–H and O–H groups in total. The van der Waals surface area contributed by atoms with Crippen molar-refractivity contribution in [3.63, 3.8) is 0 Å². The molecular formula is C15H19ClN2O2. The van der Waals surface area contributed by atoms with Crippen LogP contribution in [0.3, 0.4) is 0 Å². The van der Waals surface area contributed by atoms with E-state index in [4.69, 9.17) is 16.3 Å². The molecule has 2 aliphatic heterocycles. The van der Waals surface area contributed by atoms with Crippen LogP contribution < -0.4 is 4.90 Å². The fourth-order valence-electron chi connectivity index (χ4n) is 3.03. The topological polar surface area (TPSA) is 32.8 Å². The Hall–Kier alpha value is -1.10. The molecule has 5 heteroatoms. The van der Waals surface area contributed by atoms with E-state index in [0.717, 1.165) is 51.4 Å². The number of benzene rings is 1. The molecule has 3 rings (SSSR count). The molecule has 0 amide bonds. The molecule has 2 heterocycles. The second kappa shape index (κ2) is 6.12. The van der Waals surface area contributed by atoms with Crippen LogP contribution in [0.4, 0.5) is 5.69 Å². The van der Waals surface area contributed by atoms with Crippen molar-refractivity contribution in [2.45, 2.75) is 12.5 Å². The summed E-state index contributed by atoms with van der Waals surface area (Å²) in [6.45, 7) is 5.81. The van der Waals surface area contributed by atoms with Crippen molar-refractivity contribution in [2.24, 2.45) is 0 Å². The van der Waals surface area contributed by atoms with Gasteiger partial charge in [-0.15, -0.1) is 0 Å². The molecule has 0 saturated carbocycles. The quantitative estimate of drug-likeness (QED) is 0.799. The molecule has 2 saturated heterocycles. The largest absolute Gasteiger partial charge is 0.379 e. The van der Waals surface area contributed by atoms with Gasteiger partial charge in [0.05, 0.1) is 18.2 Å². The summed E-state index contributed by atoms with van der Waals surface area (Å²) in [5.74, 6) is 0. The molecule has 2 fully saturated rings. The number of carbonyl (C=O) groups is 1. The summed E-state index contributed by atoms with van der Waals surface area (Å²) in [5.41, 5.74) is 1.66. The second-order valence-electron chi connectivity index (χ2n) is 5.36. The lowest BCUT2D eigenvalue weighted by Gasteiger charge is -2.32. The van der Waals surface area contributed by atoms with Crippen LogP contribution >= 0.6 is 11.6 Å². The third kappa shape index (κ3) is 2.82. The highest BCUT2D eigenvalue weighted by Crippen LogP contribution is 2.27. The van der Waals surface area contributed by atoms with Crippen LogP contribution in [0.2, 0.25) is 5.02 Å². The zero-order valence-electron chi connectivity index (χ0n) is 11.4. The number of nitrogens with zero attached hydrogens (tertiary/aromatic N) is 2. The SMILES string of the molecule is O=Cc1ccc(N2CCC(N3CCOCC3)C2)cc1Cl. The van der Waals surface area contributed by atoms with E-state index >= 15 is 0 Å². The molecule has 108 valence electrons. The molecule has 4 nitrogen and oxygen atoms in total. The number of carbonyl (C=O) groups excluding carboxylic acids is 1. The smallest absolute Gasteiger partial charge is 0.151 e. The first-order valence-electron chi connectivity index (χ1n) is 7.09. The lowest BCUT2D eigenvalue weighted by Crippen LogP contribution is -2.44.